The fraction of sp³-hybridized carbons (Fsp3) is 0.350. The Kier molecular flexibility index (Phi) is 4.03. The molecule has 1 heterocycles. The van der Waals surface area contributed by atoms with Crippen LogP contribution in [0.2, 0.25) is 0 Å². The van der Waals surface area contributed by atoms with E-state index in [1.54, 1.807) is 30.3 Å². The van der Waals surface area contributed by atoms with Crippen molar-refractivity contribution in [2.24, 2.45) is 5.92 Å². The highest BCUT2D eigenvalue weighted by atomic mass is 32.2. The number of nitrogens with zero attached hydrogens (tertiary/aromatic N) is 1. The van der Waals surface area contributed by atoms with Gasteiger partial charge in [0.2, 0.25) is 5.91 Å². The van der Waals surface area contributed by atoms with E-state index < -0.39 is 10.0 Å². The van der Waals surface area contributed by atoms with Crippen molar-refractivity contribution < 1.29 is 13.2 Å². The number of hydrogen-bond acceptors (Lipinski definition) is 3. The Hall–Kier alpha value is -2.34. The number of carbonyl (C=O) groups excluding carboxylic acids is 1. The molecule has 0 saturated heterocycles. The topological polar surface area (TPSA) is 66.5 Å². The second-order valence-electron chi connectivity index (χ2n) is 7.30. The first-order valence-electron chi connectivity index (χ1n) is 8.90. The van der Waals surface area contributed by atoms with Crippen LogP contribution in [0.4, 0.5) is 11.4 Å². The summed E-state index contributed by atoms with van der Waals surface area (Å²) in [6.07, 6.45) is 2.61. The average molecular weight is 370 g/mol. The van der Waals surface area contributed by atoms with E-state index in [0.29, 0.717) is 12.1 Å². The summed E-state index contributed by atoms with van der Waals surface area (Å²) in [6, 6.07) is 12.4. The number of carbonyl (C=O) groups is 1. The number of hydrogen-bond donors (Lipinski definition) is 1. The second-order valence-corrected chi connectivity index (χ2v) is 8.98. The van der Waals surface area contributed by atoms with Gasteiger partial charge in [-0.25, -0.2) is 8.42 Å². The minimum Gasteiger partial charge on any atom is -0.309 e. The Balaban J connectivity index is 1.63. The van der Waals surface area contributed by atoms with E-state index in [9.17, 15) is 13.2 Å². The first kappa shape index (κ1) is 17.1. The Morgan fingerprint density at radius 2 is 1.92 bits per heavy atom. The molecule has 1 amide bonds. The zero-order chi connectivity index (χ0) is 18.5. The molecule has 6 heteroatoms. The van der Waals surface area contributed by atoms with Gasteiger partial charge in [-0.1, -0.05) is 12.1 Å². The maximum Gasteiger partial charge on any atom is 0.261 e. The standard InChI is InChI=1S/C20H22N2O3S/c1-13-4-3-5-17(10-13)21-26(24,25)18-8-9-19-16(12-18)11-14(2)22(19)20(23)15-6-7-15/h3-5,8-10,12,14-15,21H,6-7,11H2,1-2H3/t14-/m1/s1. The summed E-state index contributed by atoms with van der Waals surface area (Å²) in [5.74, 6) is 0.319. The molecule has 0 unspecified atom stereocenters. The first-order valence-corrected chi connectivity index (χ1v) is 10.4. The van der Waals surface area contributed by atoms with E-state index in [1.165, 1.54) is 0 Å². The van der Waals surface area contributed by atoms with Crippen LogP contribution < -0.4 is 9.62 Å². The summed E-state index contributed by atoms with van der Waals surface area (Å²) in [5, 5.41) is 0. The summed E-state index contributed by atoms with van der Waals surface area (Å²) in [4.78, 5) is 14.6. The van der Waals surface area contributed by atoms with Gasteiger partial charge >= 0.3 is 0 Å². The van der Waals surface area contributed by atoms with Gasteiger partial charge in [0.15, 0.2) is 0 Å². The largest absolute Gasteiger partial charge is 0.309 e. The van der Waals surface area contributed by atoms with Crippen LogP contribution in [-0.4, -0.2) is 20.4 Å². The smallest absolute Gasteiger partial charge is 0.261 e. The van der Waals surface area contributed by atoms with Gasteiger partial charge in [0.25, 0.3) is 10.0 Å². The SMILES string of the molecule is Cc1cccc(NS(=O)(=O)c2ccc3c(c2)C[C@@H](C)N3C(=O)C2CC2)c1. The number of sulfonamides is 1. The van der Waals surface area contributed by atoms with Crippen molar-refractivity contribution in [3.05, 3.63) is 53.6 Å². The number of benzene rings is 2. The van der Waals surface area contributed by atoms with Gasteiger partial charge in [0.05, 0.1) is 4.90 Å². The Morgan fingerprint density at radius 1 is 1.15 bits per heavy atom. The molecule has 0 bridgehead atoms. The lowest BCUT2D eigenvalue weighted by Gasteiger charge is -2.22. The summed E-state index contributed by atoms with van der Waals surface area (Å²) >= 11 is 0. The predicted molar refractivity (Wildman–Crippen MR) is 102 cm³/mol. The Labute approximate surface area is 154 Å². The summed E-state index contributed by atoms with van der Waals surface area (Å²) in [6.45, 7) is 3.93. The van der Waals surface area contributed by atoms with E-state index in [-0.39, 0.29) is 22.8 Å². The van der Waals surface area contributed by atoms with Crippen LogP contribution in [0.15, 0.2) is 47.4 Å². The van der Waals surface area contributed by atoms with E-state index in [1.807, 2.05) is 30.9 Å². The first-order chi connectivity index (χ1) is 12.3. The fourth-order valence-corrected chi connectivity index (χ4v) is 4.66. The molecule has 1 aliphatic carbocycles. The van der Waals surface area contributed by atoms with Crippen LogP contribution in [0.3, 0.4) is 0 Å². The number of anilines is 2. The number of aryl methyl sites for hydroxylation is 1. The predicted octanol–water partition coefficient (Wildman–Crippen LogP) is 3.48. The molecule has 2 aromatic rings. The highest BCUT2D eigenvalue weighted by molar-refractivity contribution is 7.92. The van der Waals surface area contributed by atoms with Crippen molar-refractivity contribution >= 4 is 27.3 Å². The van der Waals surface area contributed by atoms with Gasteiger partial charge in [-0.2, -0.15) is 0 Å². The molecule has 5 nitrogen and oxygen atoms in total. The van der Waals surface area contributed by atoms with Crippen molar-refractivity contribution in [2.45, 2.75) is 44.0 Å². The van der Waals surface area contributed by atoms with Gasteiger partial charge in [-0.3, -0.25) is 9.52 Å². The third-order valence-corrected chi connectivity index (χ3v) is 6.39. The molecule has 4 rings (SSSR count). The molecule has 2 aromatic carbocycles. The highest BCUT2D eigenvalue weighted by Gasteiger charge is 2.39. The zero-order valence-corrected chi connectivity index (χ0v) is 15.7. The Morgan fingerprint density at radius 3 is 2.62 bits per heavy atom. The molecular weight excluding hydrogens is 348 g/mol. The van der Waals surface area contributed by atoms with Crippen molar-refractivity contribution in [1.29, 1.82) is 0 Å². The molecular formula is C20H22N2O3S. The molecule has 0 radical (unpaired) electrons. The van der Waals surface area contributed by atoms with Crippen LogP contribution in [0.1, 0.15) is 30.9 Å². The molecule has 1 atom stereocenters. The van der Waals surface area contributed by atoms with E-state index in [0.717, 1.165) is 29.7 Å². The van der Waals surface area contributed by atoms with Gasteiger partial charge in [-0.15, -0.1) is 0 Å². The summed E-state index contributed by atoms with van der Waals surface area (Å²) in [5.41, 5.74) is 3.30. The third-order valence-electron chi connectivity index (χ3n) is 5.01. The fourth-order valence-electron chi connectivity index (χ4n) is 3.56. The Bertz CT molecular complexity index is 980. The van der Waals surface area contributed by atoms with Crippen molar-refractivity contribution in [3.8, 4) is 0 Å². The molecule has 1 saturated carbocycles. The lowest BCUT2D eigenvalue weighted by Crippen LogP contribution is -2.36. The normalized spacial score (nSPS) is 19.3. The van der Waals surface area contributed by atoms with Crippen LogP contribution in [0.25, 0.3) is 0 Å². The highest BCUT2D eigenvalue weighted by Crippen LogP contribution is 2.39. The molecule has 136 valence electrons. The van der Waals surface area contributed by atoms with E-state index in [2.05, 4.69) is 4.72 Å². The molecule has 1 aliphatic heterocycles. The molecule has 1 N–H and O–H groups in total. The minimum absolute atomic E-state index is 0.0702. The maximum absolute atomic E-state index is 12.7. The molecule has 1 fully saturated rings. The van der Waals surface area contributed by atoms with Gasteiger partial charge in [0, 0.05) is 23.3 Å². The van der Waals surface area contributed by atoms with E-state index in [4.69, 9.17) is 0 Å². The van der Waals surface area contributed by atoms with Gasteiger partial charge in [0.1, 0.15) is 0 Å². The number of amides is 1. The van der Waals surface area contributed by atoms with Gasteiger partial charge < -0.3 is 4.90 Å². The lowest BCUT2D eigenvalue weighted by atomic mass is 10.1. The number of fused-ring (bicyclic) bond motifs is 1. The molecule has 26 heavy (non-hydrogen) atoms. The van der Waals surface area contributed by atoms with Crippen LogP contribution in [-0.2, 0) is 21.2 Å². The quantitative estimate of drug-likeness (QED) is 0.896. The maximum atomic E-state index is 12.7. The number of nitrogens with one attached hydrogen (secondary N) is 1. The molecule has 0 spiro atoms. The molecule has 2 aliphatic rings. The van der Waals surface area contributed by atoms with Crippen molar-refractivity contribution in [3.63, 3.8) is 0 Å². The average Bonchev–Trinajstić information content (AvgIpc) is 3.36. The molecule has 0 aromatic heterocycles. The lowest BCUT2D eigenvalue weighted by molar-refractivity contribution is -0.120. The second kappa shape index (κ2) is 6.13. The summed E-state index contributed by atoms with van der Waals surface area (Å²) in [7, 11) is -3.66. The van der Waals surface area contributed by atoms with E-state index >= 15 is 0 Å². The third kappa shape index (κ3) is 3.09. The number of rotatable bonds is 4. The van der Waals surface area contributed by atoms with Crippen LogP contribution in [0.5, 0.6) is 0 Å². The zero-order valence-electron chi connectivity index (χ0n) is 14.9. The summed E-state index contributed by atoms with van der Waals surface area (Å²) < 4.78 is 28.1. The minimum atomic E-state index is -3.66. The van der Waals surface area contributed by atoms with Gasteiger partial charge in [-0.05, 0) is 74.6 Å². The van der Waals surface area contributed by atoms with Crippen molar-refractivity contribution in [2.75, 3.05) is 9.62 Å². The van der Waals surface area contributed by atoms with Crippen LogP contribution >= 0.6 is 0 Å². The van der Waals surface area contributed by atoms with Crippen molar-refractivity contribution in [1.82, 2.24) is 0 Å². The monoisotopic (exact) mass is 370 g/mol. The van der Waals surface area contributed by atoms with Crippen LogP contribution in [0, 0.1) is 12.8 Å².